The lowest BCUT2D eigenvalue weighted by Crippen LogP contribution is -2.40. The van der Waals surface area contributed by atoms with Gasteiger partial charge in [-0.15, -0.1) is 0 Å². The van der Waals surface area contributed by atoms with Crippen LogP contribution in [-0.4, -0.2) is 46.8 Å². The van der Waals surface area contributed by atoms with Crippen molar-refractivity contribution in [2.24, 2.45) is 7.05 Å². The maximum atomic E-state index is 13.2. The number of hydrogen-bond donors (Lipinski definition) is 0. The van der Waals surface area contributed by atoms with Crippen LogP contribution in [0.4, 0.5) is 0 Å². The number of ether oxygens (including phenoxy) is 1. The average Bonchev–Trinajstić information content (AvgIpc) is 2.88. The molecular weight excluding hydrogens is 380 g/mol. The summed E-state index contributed by atoms with van der Waals surface area (Å²) >= 11 is 5.96. The van der Waals surface area contributed by atoms with Gasteiger partial charge in [0.25, 0.3) is 5.91 Å². The van der Waals surface area contributed by atoms with Gasteiger partial charge in [0.1, 0.15) is 5.69 Å². The molecule has 0 aliphatic carbocycles. The summed E-state index contributed by atoms with van der Waals surface area (Å²) in [7, 11) is 3.29. The first-order chi connectivity index (χ1) is 13.1. The molecule has 1 amide bonds. The van der Waals surface area contributed by atoms with Gasteiger partial charge in [0.2, 0.25) is 0 Å². The van der Waals surface area contributed by atoms with E-state index in [4.69, 9.17) is 16.3 Å². The molecule has 1 atom stereocenters. The van der Waals surface area contributed by atoms with Gasteiger partial charge in [0.15, 0.2) is 5.78 Å². The molecule has 28 heavy (non-hydrogen) atoms. The molecule has 7 heteroatoms. The fourth-order valence-electron chi connectivity index (χ4n) is 3.22. The van der Waals surface area contributed by atoms with Crippen LogP contribution in [0.15, 0.2) is 24.3 Å². The maximum Gasteiger partial charge on any atom is 0.355 e. The average molecular weight is 405 g/mol. The number of carbonyl (C=O) groups is 3. The zero-order valence-electron chi connectivity index (χ0n) is 17.0. The molecule has 0 bridgehead atoms. The highest BCUT2D eigenvalue weighted by molar-refractivity contribution is 6.31. The Labute approximate surface area is 170 Å². The van der Waals surface area contributed by atoms with E-state index in [1.54, 1.807) is 70.6 Å². The zero-order valence-corrected chi connectivity index (χ0v) is 17.8. The number of aromatic nitrogens is 1. The summed E-state index contributed by atoms with van der Waals surface area (Å²) in [4.78, 5) is 39.6. The SMILES string of the molecule is CCOC(=O)c1c(C)c(C(=O)[C@H](C)N(C)C(=O)c2cccc(Cl)c2)c(C)n1C. The van der Waals surface area contributed by atoms with Gasteiger partial charge < -0.3 is 14.2 Å². The molecule has 0 radical (unpaired) electrons. The molecule has 0 N–H and O–H groups in total. The van der Waals surface area contributed by atoms with Gasteiger partial charge in [0, 0.05) is 35.9 Å². The Hall–Kier alpha value is -2.60. The highest BCUT2D eigenvalue weighted by Crippen LogP contribution is 2.25. The van der Waals surface area contributed by atoms with E-state index in [-0.39, 0.29) is 18.3 Å². The molecule has 1 heterocycles. The third-order valence-electron chi connectivity index (χ3n) is 5.00. The number of nitrogens with zero attached hydrogens (tertiary/aromatic N) is 2. The van der Waals surface area contributed by atoms with Crippen LogP contribution in [0, 0.1) is 13.8 Å². The molecule has 0 aliphatic heterocycles. The van der Waals surface area contributed by atoms with Crippen molar-refractivity contribution < 1.29 is 19.1 Å². The van der Waals surface area contributed by atoms with Gasteiger partial charge in [0.05, 0.1) is 12.6 Å². The van der Waals surface area contributed by atoms with E-state index in [1.807, 2.05) is 0 Å². The second-order valence-corrected chi connectivity index (χ2v) is 7.12. The summed E-state index contributed by atoms with van der Waals surface area (Å²) in [5.74, 6) is -1.01. The van der Waals surface area contributed by atoms with E-state index < -0.39 is 12.0 Å². The number of rotatable bonds is 6. The summed E-state index contributed by atoms with van der Waals surface area (Å²) in [6.45, 7) is 7.14. The van der Waals surface area contributed by atoms with Crippen LogP contribution in [0.5, 0.6) is 0 Å². The van der Waals surface area contributed by atoms with Crippen molar-refractivity contribution in [2.75, 3.05) is 13.7 Å². The van der Waals surface area contributed by atoms with Crippen LogP contribution in [0.2, 0.25) is 5.02 Å². The summed E-state index contributed by atoms with van der Waals surface area (Å²) in [6.07, 6.45) is 0. The summed E-state index contributed by atoms with van der Waals surface area (Å²) in [6, 6.07) is 5.87. The smallest absolute Gasteiger partial charge is 0.355 e. The van der Waals surface area contributed by atoms with E-state index in [1.165, 1.54) is 4.90 Å². The van der Waals surface area contributed by atoms with E-state index >= 15 is 0 Å². The topological polar surface area (TPSA) is 68.6 Å². The fourth-order valence-corrected chi connectivity index (χ4v) is 3.41. The molecule has 0 saturated carbocycles. The molecule has 0 fully saturated rings. The lowest BCUT2D eigenvalue weighted by atomic mass is 9.99. The highest BCUT2D eigenvalue weighted by atomic mass is 35.5. The molecule has 1 aromatic carbocycles. The molecule has 0 spiro atoms. The monoisotopic (exact) mass is 404 g/mol. The van der Waals surface area contributed by atoms with Crippen molar-refractivity contribution in [2.45, 2.75) is 33.7 Å². The van der Waals surface area contributed by atoms with E-state index in [0.717, 1.165) is 0 Å². The molecule has 1 aromatic heterocycles. The predicted octanol–water partition coefficient (Wildman–Crippen LogP) is 3.82. The number of halogens is 1. The highest BCUT2D eigenvalue weighted by Gasteiger charge is 2.31. The van der Waals surface area contributed by atoms with Gasteiger partial charge in [-0.25, -0.2) is 4.79 Å². The number of ketones is 1. The number of amides is 1. The first-order valence-electron chi connectivity index (χ1n) is 9.01. The Morgan fingerprint density at radius 3 is 2.46 bits per heavy atom. The van der Waals surface area contributed by atoms with Gasteiger partial charge >= 0.3 is 5.97 Å². The van der Waals surface area contributed by atoms with Gasteiger partial charge in [-0.1, -0.05) is 17.7 Å². The lowest BCUT2D eigenvalue weighted by molar-refractivity contribution is 0.0514. The molecule has 2 rings (SSSR count). The van der Waals surface area contributed by atoms with Crippen molar-refractivity contribution in [1.29, 1.82) is 0 Å². The minimum absolute atomic E-state index is 0.237. The largest absolute Gasteiger partial charge is 0.461 e. The Kier molecular flexibility index (Phi) is 6.67. The molecule has 0 saturated heterocycles. The standard InChI is InChI=1S/C21H25ClN2O4/c1-7-28-21(27)18-12(2)17(13(3)23(18)5)19(25)14(4)24(6)20(26)15-9-8-10-16(22)11-15/h8-11,14H,7H2,1-6H3/t14-/m0/s1. The Bertz CT molecular complexity index is 933. The van der Waals surface area contributed by atoms with Crippen LogP contribution in [0.25, 0.3) is 0 Å². The van der Waals surface area contributed by atoms with Crippen LogP contribution in [0.3, 0.4) is 0 Å². The Balaban J connectivity index is 2.36. The third kappa shape index (κ3) is 3.97. The van der Waals surface area contributed by atoms with Crippen molar-refractivity contribution >= 4 is 29.3 Å². The quantitative estimate of drug-likeness (QED) is 0.542. The molecule has 0 aliphatic rings. The molecule has 0 unspecified atom stereocenters. The van der Waals surface area contributed by atoms with Crippen molar-refractivity contribution in [3.05, 3.63) is 57.4 Å². The summed E-state index contributed by atoms with van der Waals surface area (Å²) in [5.41, 5.74) is 2.39. The first-order valence-corrected chi connectivity index (χ1v) is 9.39. The fraction of sp³-hybridized carbons (Fsp3) is 0.381. The van der Waals surface area contributed by atoms with E-state index in [0.29, 0.717) is 33.1 Å². The summed E-state index contributed by atoms with van der Waals surface area (Å²) in [5, 5.41) is 0.451. The van der Waals surface area contributed by atoms with Crippen LogP contribution in [-0.2, 0) is 11.8 Å². The number of hydrogen-bond acceptors (Lipinski definition) is 4. The first kappa shape index (κ1) is 21.7. The third-order valence-corrected chi connectivity index (χ3v) is 5.23. The van der Waals surface area contributed by atoms with E-state index in [9.17, 15) is 14.4 Å². The number of Topliss-reactive ketones (excluding diaryl/α,β-unsaturated/α-hetero) is 1. The minimum Gasteiger partial charge on any atom is -0.461 e. The Morgan fingerprint density at radius 2 is 1.89 bits per heavy atom. The molecule has 2 aromatic rings. The number of benzene rings is 1. The normalized spacial score (nSPS) is 11.8. The lowest BCUT2D eigenvalue weighted by Gasteiger charge is -2.24. The summed E-state index contributed by atoms with van der Waals surface area (Å²) < 4.78 is 6.76. The van der Waals surface area contributed by atoms with Crippen LogP contribution < -0.4 is 0 Å². The van der Waals surface area contributed by atoms with Crippen molar-refractivity contribution in [1.82, 2.24) is 9.47 Å². The van der Waals surface area contributed by atoms with Crippen LogP contribution >= 0.6 is 11.6 Å². The Morgan fingerprint density at radius 1 is 1.25 bits per heavy atom. The van der Waals surface area contributed by atoms with Gasteiger partial charge in [-0.2, -0.15) is 0 Å². The zero-order chi connectivity index (χ0) is 21.2. The van der Waals surface area contributed by atoms with E-state index in [2.05, 4.69) is 0 Å². The van der Waals surface area contributed by atoms with Crippen molar-refractivity contribution in [3.63, 3.8) is 0 Å². The number of carbonyl (C=O) groups excluding carboxylic acids is 3. The maximum absolute atomic E-state index is 13.2. The van der Waals surface area contributed by atoms with Gasteiger partial charge in [-0.3, -0.25) is 9.59 Å². The van der Waals surface area contributed by atoms with Crippen LogP contribution in [0.1, 0.15) is 56.3 Å². The second kappa shape index (κ2) is 8.61. The minimum atomic E-state index is -0.721. The molecular formula is C21H25ClN2O4. The van der Waals surface area contributed by atoms with Gasteiger partial charge in [-0.05, 0) is 51.5 Å². The number of esters is 1. The molecule has 6 nitrogen and oxygen atoms in total. The molecule has 150 valence electrons. The second-order valence-electron chi connectivity index (χ2n) is 6.68. The number of likely N-dealkylation sites (N-methyl/N-ethyl adjacent to an activating group) is 1. The predicted molar refractivity (Wildman–Crippen MR) is 108 cm³/mol. The van der Waals surface area contributed by atoms with Crippen molar-refractivity contribution in [3.8, 4) is 0 Å².